The molecule has 0 aromatic heterocycles. The number of halogens is 2. The van der Waals surface area contributed by atoms with E-state index in [1.807, 2.05) is 0 Å². The van der Waals surface area contributed by atoms with Crippen molar-refractivity contribution in [1.29, 1.82) is 5.26 Å². The number of ether oxygens (including phenoxy) is 1. The summed E-state index contributed by atoms with van der Waals surface area (Å²) in [6.45, 7) is 3.42. The largest absolute Gasteiger partial charge is 0.479 e. The molecule has 1 fully saturated rings. The highest BCUT2D eigenvalue weighted by Gasteiger charge is 2.28. The molecule has 0 aliphatic heterocycles. The molecule has 0 heterocycles. The first-order valence-electron chi connectivity index (χ1n) is 7.75. The summed E-state index contributed by atoms with van der Waals surface area (Å²) in [5.74, 6) is 0.329. The van der Waals surface area contributed by atoms with Gasteiger partial charge in [-0.25, -0.2) is 0 Å². The summed E-state index contributed by atoms with van der Waals surface area (Å²) in [7, 11) is 0. The van der Waals surface area contributed by atoms with Gasteiger partial charge in [-0.2, -0.15) is 5.26 Å². The molecule has 1 aromatic carbocycles. The Morgan fingerprint density at radius 2 is 2.04 bits per heavy atom. The van der Waals surface area contributed by atoms with Crippen LogP contribution in [0.15, 0.2) is 12.1 Å². The second kappa shape index (κ2) is 7.90. The lowest BCUT2D eigenvalue weighted by molar-refractivity contribution is -0.127. The van der Waals surface area contributed by atoms with Gasteiger partial charge in [-0.3, -0.25) is 4.79 Å². The Hall–Kier alpha value is -1.44. The molecule has 0 saturated heterocycles. The van der Waals surface area contributed by atoms with E-state index in [0.717, 1.165) is 25.7 Å². The van der Waals surface area contributed by atoms with E-state index in [0.29, 0.717) is 21.4 Å². The summed E-state index contributed by atoms with van der Waals surface area (Å²) < 4.78 is 5.64. The average Bonchev–Trinajstić information content (AvgIpc) is 3.07. The zero-order valence-corrected chi connectivity index (χ0v) is 14.7. The van der Waals surface area contributed by atoms with E-state index in [-0.39, 0.29) is 11.8 Å². The van der Waals surface area contributed by atoms with E-state index in [1.165, 1.54) is 0 Å². The Bertz CT molecular complexity index is 622. The zero-order valence-electron chi connectivity index (χ0n) is 13.2. The van der Waals surface area contributed by atoms with Gasteiger partial charge in [0.1, 0.15) is 11.8 Å². The van der Waals surface area contributed by atoms with Gasteiger partial charge in [-0.1, -0.05) is 36.0 Å². The van der Waals surface area contributed by atoms with Crippen LogP contribution in [0.4, 0.5) is 0 Å². The van der Waals surface area contributed by atoms with Crippen LogP contribution in [0.5, 0.6) is 5.75 Å². The van der Waals surface area contributed by atoms with Crippen LogP contribution >= 0.6 is 23.2 Å². The highest BCUT2D eigenvalue weighted by atomic mass is 35.5. The molecule has 1 N–H and O–H groups in total. The van der Waals surface area contributed by atoms with E-state index < -0.39 is 12.1 Å². The quantitative estimate of drug-likeness (QED) is 0.858. The molecule has 1 aromatic rings. The van der Waals surface area contributed by atoms with Crippen molar-refractivity contribution in [2.75, 3.05) is 0 Å². The first kappa shape index (κ1) is 17.9. The second-order valence-corrected chi connectivity index (χ2v) is 6.69. The van der Waals surface area contributed by atoms with Crippen molar-refractivity contribution in [3.05, 3.63) is 27.7 Å². The number of carbonyl (C=O) groups is 1. The van der Waals surface area contributed by atoms with Crippen LogP contribution in [0.1, 0.15) is 38.2 Å². The molecule has 0 spiro atoms. The molecule has 124 valence electrons. The van der Waals surface area contributed by atoms with E-state index in [4.69, 9.17) is 27.9 Å². The predicted octanol–water partition coefficient (Wildman–Crippen LogP) is 4.27. The maximum atomic E-state index is 12.3. The minimum Gasteiger partial charge on any atom is -0.479 e. The Morgan fingerprint density at radius 1 is 1.39 bits per heavy atom. The number of nitrogens with one attached hydrogen (secondary N) is 1. The molecule has 2 rings (SSSR count). The van der Waals surface area contributed by atoms with Crippen molar-refractivity contribution < 1.29 is 9.53 Å². The number of hydrogen-bond donors (Lipinski definition) is 1. The number of rotatable bonds is 5. The van der Waals surface area contributed by atoms with E-state index in [1.54, 1.807) is 26.0 Å². The number of nitriles is 1. The first-order chi connectivity index (χ1) is 10.9. The number of carbonyl (C=O) groups excluding carboxylic acids is 1. The molecular formula is C17H20Cl2N2O2. The average molecular weight is 355 g/mol. The molecule has 2 unspecified atom stereocenters. The minimum absolute atomic E-state index is 0.234. The van der Waals surface area contributed by atoms with Gasteiger partial charge in [0.15, 0.2) is 6.10 Å². The Kier molecular flexibility index (Phi) is 6.15. The Morgan fingerprint density at radius 3 is 2.65 bits per heavy atom. The Labute approximate surface area is 146 Å². The lowest BCUT2D eigenvalue weighted by Gasteiger charge is -2.21. The summed E-state index contributed by atoms with van der Waals surface area (Å²) in [6.07, 6.45) is 3.45. The fourth-order valence-electron chi connectivity index (χ4n) is 2.79. The molecule has 0 radical (unpaired) electrons. The van der Waals surface area contributed by atoms with Gasteiger partial charge >= 0.3 is 0 Å². The van der Waals surface area contributed by atoms with Crippen molar-refractivity contribution in [2.24, 2.45) is 5.92 Å². The molecule has 23 heavy (non-hydrogen) atoms. The summed E-state index contributed by atoms with van der Waals surface area (Å²) >= 11 is 12.2. The maximum absolute atomic E-state index is 12.3. The van der Waals surface area contributed by atoms with Gasteiger partial charge in [0.05, 0.1) is 11.1 Å². The smallest absolute Gasteiger partial charge is 0.261 e. The predicted molar refractivity (Wildman–Crippen MR) is 90.8 cm³/mol. The molecule has 1 saturated carbocycles. The normalized spacial score (nSPS) is 17.3. The summed E-state index contributed by atoms with van der Waals surface area (Å²) in [5, 5.41) is 13.0. The van der Waals surface area contributed by atoms with Gasteiger partial charge in [-0.15, -0.1) is 0 Å². The second-order valence-electron chi connectivity index (χ2n) is 5.90. The monoisotopic (exact) mass is 354 g/mol. The fourth-order valence-corrected chi connectivity index (χ4v) is 3.20. The van der Waals surface area contributed by atoms with E-state index in [2.05, 4.69) is 11.4 Å². The summed E-state index contributed by atoms with van der Waals surface area (Å²) in [4.78, 5) is 12.3. The number of nitrogens with zero attached hydrogens (tertiary/aromatic N) is 1. The third-order valence-electron chi connectivity index (χ3n) is 4.27. The van der Waals surface area contributed by atoms with Crippen LogP contribution in [-0.2, 0) is 4.79 Å². The van der Waals surface area contributed by atoms with Crippen LogP contribution in [0.25, 0.3) is 0 Å². The molecule has 4 nitrogen and oxygen atoms in total. The van der Waals surface area contributed by atoms with Gasteiger partial charge in [0.2, 0.25) is 0 Å². The van der Waals surface area contributed by atoms with Crippen molar-refractivity contribution in [1.82, 2.24) is 5.32 Å². The van der Waals surface area contributed by atoms with Crippen molar-refractivity contribution >= 4 is 29.1 Å². The van der Waals surface area contributed by atoms with Crippen LogP contribution in [-0.4, -0.2) is 18.1 Å². The number of hydrogen-bond acceptors (Lipinski definition) is 3. The maximum Gasteiger partial charge on any atom is 0.261 e. The molecule has 1 amide bonds. The van der Waals surface area contributed by atoms with E-state index in [9.17, 15) is 10.1 Å². The summed E-state index contributed by atoms with van der Waals surface area (Å²) in [6, 6.07) is 5.05. The van der Waals surface area contributed by atoms with E-state index >= 15 is 0 Å². The molecular weight excluding hydrogens is 335 g/mol. The lowest BCUT2D eigenvalue weighted by atomic mass is 9.99. The van der Waals surface area contributed by atoms with Gasteiger partial charge in [-0.05, 0) is 50.3 Å². The molecule has 6 heteroatoms. The van der Waals surface area contributed by atoms with Crippen LogP contribution in [0.2, 0.25) is 10.0 Å². The summed E-state index contributed by atoms with van der Waals surface area (Å²) in [5.41, 5.74) is 0.708. The van der Waals surface area contributed by atoms with Crippen molar-refractivity contribution in [3.63, 3.8) is 0 Å². The third kappa shape index (κ3) is 4.31. The molecule has 0 bridgehead atoms. The highest BCUT2D eigenvalue weighted by molar-refractivity contribution is 6.36. The molecule has 1 aliphatic rings. The van der Waals surface area contributed by atoms with Crippen LogP contribution in [0, 0.1) is 24.2 Å². The number of benzene rings is 1. The zero-order chi connectivity index (χ0) is 17.0. The standard InChI is InChI=1S/C17H20Cl2N2O2/c1-10-13(18)7-8-15(16(10)19)23-11(2)17(22)21-14(9-20)12-5-3-4-6-12/h7-8,11-12,14H,3-6H2,1-2H3,(H,21,22). The Balaban J connectivity index is 2.00. The number of amides is 1. The van der Waals surface area contributed by atoms with Gasteiger partial charge < -0.3 is 10.1 Å². The van der Waals surface area contributed by atoms with Gasteiger partial charge in [0.25, 0.3) is 5.91 Å². The topological polar surface area (TPSA) is 62.1 Å². The third-order valence-corrected chi connectivity index (χ3v) is 5.15. The first-order valence-corrected chi connectivity index (χ1v) is 8.51. The van der Waals surface area contributed by atoms with Gasteiger partial charge in [0, 0.05) is 5.02 Å². The van der Waals surface area contributed by atoms with Crippen molar-refractivity contribution in [2.45, 2.75) is 51.7 Å². The minimum atomic E-state index is -0.745. The molecule has 2 atom stereocenters. The van der Waals surface area contributed by atoms with Crippen LogP contribution < -0.4 is 10.1 Å². The van der Waals surface area contributed by atoms with Crippen molar-refractivity contribution in [3.8, 4) is 11.8 Å². The lowest BCUT2D eigenvalue weighted by Crippen LogP contribution is -2.44. The fraction of sp³-hybridized carbons (Fsp3) is 0.529. The molecule has 1 aliphatic carbocycles. The van der Waals surface area contributed by atoms with Crippen LogP contribution in [0.3, 0.4) is 0 Å². The highest BCUT2D eigenvalue weighted by Crippen LogP contribution is 2.33. The SMILES string of the molecule is Cc1c(Cl)ccc(OC(C)C(=O)NC(C#N)C2CCCC2)c1Cl.